The summed E-state index contributed by atoms with van der Waals surface area (Å²) in [5.41, 5.74) is 8.53. The van der Waals surface area contributed by atoms with Gasteiger partial charge in [0.1, 0.15) is 5.60 Å². The molecule has 1 aliphatic rings. The van der Waals surface area contributed by atoms with Crippen LogP contribution in [0.3, 0.4) is 0 Å². The van der Waals surface area contributed by atoms with Gasteiger partial charge >= 0.3 is 6.09 Å². The van der Waals surface area contributed by atoms with Crippen molar-refractivity contribution >= 4 is 11.7 Å². The van der Waals surface area contributed by atoms with Crippen molar-refractivity contribution in [2.75, 3.05) is 13.1 Å². The van der Waals surface area contributed by atoms with Gasteiger partial charge in [0.2, 0.25) is 0 Å². The molecule has 6 heteroatoms. The van der Waals surface area contributed by atoms with Gasteiger partial charge in [0.15, 0.2) is 0 Å². The highest BCUT2D eigenvalue weighted by molar-refractivity contribution is 5.76. The molecule has 1 atom stereocenters. The molecule has 0 aliphatic carbocycles. The first-order valence-corrected chi connectivity index (χ1v) is 7.10. The fourth-order valence-corrected chi connectivity index (χ4v) is 2.44. The van der Waals surface area contributed by atoms with Crippen LogP contribution >= 0.6 is 0 Å². The van der Waals surface area contributed by atoms with E-state index >= 15 is 0 Å². The molecule has 0 bridgehead atoms. The lowest BCUT2D eigenvalue weighted by Crippen LogP contribution is -2.46. The number of hydrogen-bond acceptors (Lipinski definition) is 4. The number of carbonyl (C=O) groups is 1. The molecule has 21 heavy (non-hydrogen) atoms. The Morgan fingerprint density at radius 1 is 1.48 bits per heavy atom. The van der Waals surface area contributed by atoms with Gasteiger partial charge in [0.25, 0.3) is 0 Å². The minimum absolute atomic E-state index is 0.194. The fraction of sp³-hybridized carbons (Fsp3) is 0.600. The zero-order chi connectivity index (χ0) is 15.8. The Kier molecular flexibility index (Phi) is 4.09. The number of carbonyl (C=O) groups excluding carboxylic acids is 1. The maximum Gasteiger partial charge on any atom is 0.410 e. The standard InChI is InChI=1S/C15H24N4O2/c1-10-13(9-18(5)17-10)11-6-12(16)8-19(7-11)14(20)21-15(2,3)4/h6,9,12H,7-8,16H2,1-5H3. The van der Waals surface area contributed by atoms with Gasteiger partial charge in [-0.05, 0) is 33.3 Å². The molecule has 0 radical (unpaired) electrons. The second-order valence-electron chi connectivity index (χ2n) is 6.52. The van der Waals surface area contributed by atoms with E-state index in [-0.39, 0.29) is 12.1 Å². The predicted octanol–water partition coefficient (Wildman–Crippen LogP) is 1.69. The van der Waals surface area contributed by atoms with Crippen LogP contribution in [-0.2, 0) is 11.8 Å². The lowest BCUT2D eigenvalue weighted by atomic mass is 10.0. The lowest BCUT2D eigenvalue weighted by molar-refractivity contribution is 0.0265. The highest BCUT2D eigenvalue weighted by Crippen LogP contribution is 2.24. The summed E-state index contributed by atoms with van der Waals surface area (Å²) < 4.78 is 7.20. The first-order chi connectivity index (χ1) is 9.65. The molecule has 1 aliphatic heterocycles. The van der Waals surface area contributed by atoms with E-state index in [1.807, 2.05) is 47.0 Å². The molecule has 0 fully saturated rings. The van der Waals surface area contributed by atoms with Gasteiger partial charge in [-0.15, -0.1) is 0 Å². The average molecular weight is 292 g/mol. The van der Waals surface area contributed by atoms with Crippen molar-refractivity contribution in [3.8, 4) is 0 Å². The van der Waals surface area contributed by atoms with Crippen LogP contribution in [0.4, 0.5) is 4.79 Å². The van der Waals surface area contributed by atoms with E-state index < -0.39 is 5.60 Å². The minimum atomic E-state index is -0.507. The van der Waals surface area contributed by atoms with E-state index in [2.05, 4.69) is 5.10 Å². The Morgan fingerprint density at radius 3 is 2.67 bits per heavy atom. The Hall–Kier alpha value is -1.82. The summed E-state index contributed by atoms with van der Waals surface area (Å²) in [4.78, 5) is 13.9. The van der Waals surface area contributed by atoms with Crippen LogP contribution in [0, 0.1) is 6.92 Å². The van der Waals surface area contributed by atoms with Crippen molar-refractivity contribution in [1.82, 2.24) is 14.7 Å². The van der Waals surface area contributed by atoms with E-state index in [9.17, 15) is 4.79 Å². The summed E-state index contributed by atoms with van der Waals surface area (Å²) in [5, 5.41) is 4.34. The summed E-state index contributed by atoms with van der Waals surface area (Å²) in [7, 11) is 1.88. The number of rotatable bonds is 1. The van der Waals surface area contributed by atoms with E-state index in [1.165, 1.54) is 0 Å². The van der Waals surface area contributed by atoms with Gasteiger partial charge in [-0.3, -0.25) is 4.68 Å². The minimum Gasteiger partial charge on any atom is -0.444 e. The van der Waals surface area contributed by atoms with Crippen molar-refractivity contribution in [2.45, 2.75) is 39.3 Å². The maximum absolute atomic E-state index is 12.2. The summed E-state index contributed by atoms with van der Waals surface area (Å²) in [6.45, 7) is 8.49. The maximum atomic E-state index is 12.2. The number of ether oxygens (including phenoxy) is 1. The quantitative estimate of drug-likeness (QED) is 0.855. The van der Waals surface area contributed by atoms with Crippen LogP contribution < -0.4 is 5.73 Å². The third-order valence-corrected chi connectivity index (χ3v) is 3.22. The Bertz CT molecular complexity index is 569. The van der Waals surface area contributed by atoms with Crippen molar-refractivity contribution in [1.29, 1.82) is 0 Å². The third kappa shape index (κ3) is 3.85. The molecule has 116 valence electrons. The van der Waals surface area contributed by atoms with Crippen molar-refractivity contribution in [3.05, 3.63) is 23.5 Å². The van der Waals surface area contributed by atoms with Gasteiger partial charge in [-0.25, -0.2) is 4.79 Å². The number of nitrogens with zero attached hydrogens (tertiary/aromatic N) is 3. The van der Waals surface area contributed by atoms with Crippen LogP contribution in [0.25, 0.3) is 5.57 Å². The Morgan fingerprint density at radius 2 is 2.14 bits per heavy atom. The highest BCUT2D eigenvalue weighted by Gasteiger charge is 2.28. The van der Waals surface area contributed by atoms with Gasteiger partial charge in [0, 0.05) is 37.9 Å². The number of aromatic nitrogens is 2. The third-order valence-electron chi connectivity index (χ3n) is 3.22. The lowest BCUT2D eigenvalue weighted by Gasteiger charge is -2.32. The molecule has 2 heterocycles. The molecule has 0 aromatic carbocycles. The number of nitrogens with two attached hydrogens (primary N) is 1. The fourth-order valence-electron chi connectivity index (χ4n) is 2.44. The molecule has 0 saturated carbocycles. The van der Waals surface area contributed by atoms with E-state index in [4.69, 9.17) is 10.5 Å². The number of amides is 1. The molecule has 2 N–H and O–H groups in total. The van der Waals surface area contributed by atoms with Crippen LogP contribution in [0.1, 0.15) is 32.0 Å². The topological polar surface area (TPSA) is 73.4 Å². The molecule has 0 saturated heterocycles. The molecule has 0 spiro atoms. The second kappa shape index (κ2) is 5.52. The van der Waals surface area contributed by atoms with Crippen LogP contribution in [0.2, 0.25) is 0 Å². The van der Waals surface area contributed by atoms with Crippen molar-refractivity contribution < 1.29 is 9.53 Å². The van der Waals surface area contributed by atoms with Crippen molar-refractivity contribution in [3.63, 3.8) is 0 Å². The summed E-state index contributed by atoms with van der Waals surface area (Å²) in [5.74, 6) is 0. The molecular weight excluding hydrogens is 268 g/mol. The van der Waals surface area contributed by atoms with Gasteiger partial charge in [0.05, 0.1) is 5.69 Å². The van der Waals surface area contributed by atoms with E-state index in [0.29, 0.717) is 13.1 Å². The van der Waals surface area contributed by atoms with E-state index in [1.54, 1.807) is 9.58 Å². The summed E-state index contributed by atoms with van der Waals surface area (Å²) >= 11 is 0. The van der Waals surface area contributed by atoms with Gasteiger partial charge in [-0.1, -0.05) is 6.08 Å². The predicted molar refractivity (Wildman–Crippen MR) is 81.7 cm³/mol. The Labute approximate surface area is 125 Å². The molecule has 1 amide bonds. The number of aryl methyl sites for hydroxylation is 2. The normalized spacial score (nSPS) is 19.4. The number of hydrogen-bond donors (Lipinski definition) is 1. The highest BCUT2D eigenvalue weighted by atomic mass is 16.6. The first-order valence-electron chi connectivity index (χ1n) is 7.10. The molecular formula is C15H24N4O2. The monoisotopic (exact) mass is 292 g/mol. The van der Waals surface area contributed by atoms with Gasteiger partial charge < -0.3 is 15.4 Å². The van der Waals surface area contributed by atoms with Gasteiger partial charge in [-0.2, -0.15) is 5.10 Å². The smallest absolute Gasteiger partial charge is 0.410 e. The molecule has 1 unspecified atom stereocenters. The summed E-state index contributed by atoms with van der Waals surface area (Å²) in [6, 6.07) is -0.194. The largest absolute Gasteiger partial charge is 0.444 e. The van der Waals surface area contributed by atoms with Crippen LogP contribution in [0.5, 0.6) is 0 Å². The zero-order valence-electron chi connectivity index (χ0n) is 13.4. The molecule has 2 rings (SSSR count). The SMILES string of the molecule is Cc1nn(C)cc1C1=CC(N)CN(C(=O)OC(C)(C)C)C1. The molecule has 1 aromatic heterocycles. The Balaban J connectivity index is 2.19. The molecule has 6 nitrogen and oxygen atoms in total. The average Bonchev–Trinajstić information content (AvgIpc) is 2.65. The van der Waals surface area contributed by atoms with E-state index in [0.717, 1.165) is 16.8 Å². The summed E-state index contributed by atoms with van der Waals surface area (Å²) in [6.07, 6.45) is 3.63. The zero-order valence-corrected chi connectivity index (χ0v) is 13.4. The van der Waals surface area contributed by atoms with Crippen molar-refractivity contribution in [2.24, 2.45) is 12.8 Å². The molecule has 1 aromatic rings. The van der Waals surface area contributed by atoms with Crippen LogP contribution in [-0.4, -0.2) is 45.5 Å². The van der Waals surface area contributed by atoms with Crippen LogP contribution in [0.15, 0.2) is 12.3 Å². The first kappa shape index (κ1) is 15.6. The second-order valence-corrected chi connectivity index (χ2v) is 6.52.